The van der Waals surface area contributed by atoms with E-state index in [2.05, 4.69) is 6.92 Å². The van der Waals surface area contributed by atoms with Gasteiger partial charge in [0, 0.05) is 11.2 Å². The average Bonchev–Trinajstić information content (AvgIpc) is 2.65. The number of fused-ring (bicyclic) bond motifs is 1. The van der Waals surface area contributed by atoms with Crippen molar-refractivity contribution in [1.29, 1.82) is 0 Å². The molecule has 2 saturated heterocycles. The molecule has 0 N–H and O–H groups in total. The zero-order chi connectivity index (χ0) is 16.3. The molecule has 2 aliphatic rings. The van der Waals surface area contributed by atoms with Gasteiger partial charge in [-0.3, -0.25) is 9.59 Å². The maximum absolute atomic E-state index is 12.2. The molecule has 22 heavy (non-hydrogen) atoms. The molecule has 7 heteroatoms. The van der Waals surface area contributed by atoms with Gasteiger partial charge in [-0.25, -0.2) is 4.79 Å². The molecule has 0 bridgehead atoms. The van der Waals surface area contributed by atoms with Crippen LogP contribution in [0.5, 0.6) is 0 Å². The highest BCUT2D eigenvalue weighted by Crippen LogP contribution is 2.50. The van der Waals surface area contributed by atoms with Crippen LogP contribution in [0.1, 0.15) is 52.9 Å². The topological polar surface area (TPSA) is 72.9 Å². The molecule has 124 valence electrons. The molecule has 0 aromatic heterocycles. The summed E-state index contributed by atoms with van der Waals surface area (Å²) in [4.78, 5) is 36.9. The van der Waals surface area contributed by atoms with Crippen LogP contribution in [0.2, 0.25) is 0 Å². The molecule has 0 aromatic rings. The number of esters is 2. The molecule has 2 fully saturated rings. The molecule has 0 unspecified atom stereocenters. The number of ether oxygens (including phenoxy) is 2. The van der Waals surface area contributed by atoms with Crippen LogP contribution in [0, 0.1) is 0 Å². The molecule has 0 saturated carbocycles. The number of hydrogen-bond donors (Lipinski definition) is 0. The fourth-order valence-electron chi connectivity index (χ4n) is 2.78. The zero-order valence-corrected chi connectivity index (χ0v) is 14.1. The van der Waals surface area contributed by atoms with Crippen molar-refractivity contribution in [2.75, 3.05) is 6.79 Å². The van der Waals surface area contributed by atoms with E-state index < -0.39 is 12.0 Å². The van der Waals surface area contributed by atoms with E-state index in [9.17, 15) is 14.4 Å². The SMILES string of the molecule is CCCCCC(=O)OCOC(=O)[C@@H]1N2C(=O)C[C@H]2SC1(C)C. The van der Waals surface area contributed by atoms with E-state index in [4.69, 9.17) is 9.47 Å². The largest absolute Gasteiger partial charge is 0.428 e. The quantitative estimate of drug-likeness (QED) is 0.308. The van der Waals surface area contributed by atoms with Gasteiger partial charge in [0.05, 0.1) is 11.8 Å². The summed E-state index contributed by atoms with van der Waals surface area (Å²) in [6.07, 6.45) is 3.59. The van der Waals surface area contributed by atoms with Crippen LogP contribution < -0.4 is 0 Å². The first-order valence-electron chi connectivity index (χ1n) is 7.68. The minimum absolute atomic E-state index is 0.0263. The van der Waals surface area contributed by atoms with Crippen molar-refractivity contribution in [2.24, 2.45) is 0 Å². The lowest BCUT2D eigenvalue weighted by Gasteiger charge is -2.37. The summed E-state index contributed by atoms with van der Waals surface area (Å²) in [5, 5.41) is 0.0663. The number of rotatable bonds is 7. The Labute approximate surface area is 134 Å². The Bertz CT molecular complexity index is 465. The fourth-order valence-corrected chi connectivity index (χ4v) is 4.40. The molecule has 2 rings (SSSR count). The van der Waals surface area contributed by atoms with Gasteiger partial charge in [0.2, 0.25) is 12.7 Å². The molecule has 2 atom stereocenters. The van der Waals surface area contributed by atoms with Crippen LogP contribution in [0.3, 0.4) is 0 Å². The molecular formula is C15H23NO5S. The Morgan fingerprint density at radius 1 is 1.32 bits per heavy atom. The Hall–Kier alpha value is -1.24. The minimum Gasteiger partial charge on any atom is -0.428 e. The first-order chi connectivity index (χ1) is 10.4. The summed E-state index contributed by atoms with van der Waals surface area (Å²) < 4.78 is 9.56. The van der Waals surface area contributed by atoms with Gasteiger partial charge in [-0.15, -0.1) is 11.8 Å². The third-order valence-electron chi connectivity index (χ3n) is 3.95. The van der Waals surface area contributed by atoms with Crippen LogP contribution in [0.25, 0.3) is 0 Å². The van der Waals surface area contributed by atoms with Gasteiger partial charge >= 0.3 is 11.9 Å². The highest BCUT2D eigenvalue weighted by atomic mass is 32.2. The van der Waals surface area contributed by atoms with Gasteiger partial charge < -0.3 is 14.4 Å². The highest BCUT2D eigenvalue weighted by Gasteiger charge is 2.59. The van der Waals surface area contributed by atoms with E-state index in [-0.39, 0.29) is 28.8 Å². The van der Waals surface area contributed by atoms with Gasteiger partial charge in [-0.1, -0.05) is 19.8 Å². The normalized spacial score (nSPS) is 25.4. The van der Waals surface area contributed by atoms with Crippen LogP contribution >= 0.6 is 11.8 Å². The van der Waals surface area contributed by atoms with Crippen molar-refractivity contribution in [1.82, 2.24) is 4.90 Å². The first kappa shape index (κ1) is 17.1. The fraction of sp³-hybridized carbons (Fsp3) is 0.800. The van der Waals surface area contributed by atoms with Gasteiger partial charge in [-0.05, 0) is 20.3 Å². The predicted octanol–water partition coefficient (Wildman–Crippen LogP) is 2.06. The Balaban J connectivity index is 1.77. The van der Waals surface area contributed by atoms with Crippen molar-refractivity contribution in [2.45, 2.75) is 69.0 Å². The van der Waals surface area contributed by atoms with E-state index in [1.54, 1.807) is 16.7 Å². The summed E-state index contributed by atoms with van der Waals surface area (Å²) in [5.41, 5.74) is 0. The third-order valence-corrected chi connectivity index (χ3v) is 5.45. The molecule has 0 aromatic carbocycles. The minimum atomic E-state index is -0.609. The second kappa shape index (κ2) is 6.89. The number of carbonyl (C=O) groups excluding carboxylic acids is 3. The molecule has 0 radical (unpaired) electrons. The van der Waals surface area contributed by atoms with Crippen molar-refractivity contribution < 1.29 is 23.9 Å². The number of unbranched alkanes of at least 4 members (excludes halogenated alkanes) is 2. The monoisotopic (exact) mass is 329 g/mol. The van der Waals surface area contributed by atoms with E-state index in [1.807, 2.05) is 13.8 Å². The van der Waals surface area contributed by atoms with E-state index in [0.717, 1.165) is 19.3 Å². The lowest BCUT2D eigenvalue weighted by molar-refractivity contribution is -0.175. The number of β-lactam (4-membered cyclic amide) rings is 1. The van der Waals surface area contributed by atoms with E-state index in [1.165, 1.54) is 0 Å². The van der Waals surface area contributed by atoms with Gasteiger partial charge in [0.25, 0.3) is 0 Å². The van der Waals surface area contributed by atoms with Crippen molar-refractivity contribution in [3.63, 3.8) is 0 Å². The molecule has 2 heterocycles. The maximum atomic E-state index is 12.2. The van der Waals surface area contributed by atoms with E-state index >= 15 is 0 Å². The highest BCUT2D eigenvalue weighted by molar-refractivity contribution is 8.01. The maximum Gasteiger partial charge on any atom is 0.333 e. The van der Waals surface area contributed by atoms with Crippen LogP contribution in [0.15, 0.2) is 0 Å². The van der Waals surface area contributed by atoms with Crippen molar-refractivity contribution in [3.8, 4) is 0 Å². The summed E-state index contributed by atoms with van der Waals surface area (Å²) in [6.45, 7) is 5.52. The van der Waals surface area contributed by atoms with Gasteiger partial charge in [-0.2, -0.15) is 0 Å². The van der Waals surface area contributed by atoms with Gasteiger partial charge in [0.15, 0.2) is 0 Å². The van der Waals surface area contributed by atoms with E-state index in [0.29, 0.717) is 12.8 Å². The van der Waals surface area contributed by atoms with Crippen LogP contribution in [-0.2, 0) is 23.9 Å². The summed E-state index contributed by atoms with van der Waals surface area (Å²) in [5.74, 6) is -0.893. The molecule has 0 spiro atoms. The second-order valence-corrected chi connectivity index (χ2v) is 7.97. The first-order valence-corrected chi connectivity index (χ1v) is 8.56. The molecule has 0 aliphatic carbocycles. The lowest BCUT2D eigenvalue weighted by atomic mass is 9.98. The summed E-state index contributed by atoms with van der Waals surface area (Å²) in [7, 11) is 0. The summed E-state index contributed by atoms with van der Waals surface area (Å²) in [6, 6.07) is -0.609. The zero-order valence-electron chi connectivity index (χ0n) is 13.3. The smallest absolute Gasteiger partial charge is 0.333 e. The van der Waals surface area contributed by atoms with Crippen molar-refractivity contribution in [3.05, 3.63) is 0 Å². The number of carbonyl (C=O) groups is 3. The average molecular weight is 329 g/mol. The Morgan fingerprint density at radius 3 is 2.68 bits per heavy atom. The van der Waals surface area contributed by atoms with Crippen LogP contribution in [-0.4, -0.2) is 45.7 Å². The number of thioether (sulfide) groups is 1. The van der Waals surface area contributed by atoms with Crippen molar-refractivity contribution >= 4 is 29.6 Å². The summed E-state index contributed by atoms with van der Waals surface area (Å²) >= 11 is 1.61. The number of amides is 1. The molecular weight excluding hydrogens is 306 g/mol. The standard InChI is InChI=1S/C15H23NO5S/c1-4-5-6-7-12(18)20-9-21-14(19)13-15(2,3)22-11-8-10(17)16(11)13/h11,13H,4-9H2,1-3H3/t11-,13+/m1/s1. The number of hydrogen-bond acceptors (Lipinski definition) is 6. The molecule has 6 nitrogen and oxygen atoms in total. The molecule has 1 amide bonds. The van der Waals surface area contributed by atoms with Gasteiger partial charge in [0.1, 0.15) is 6.04 Å². The lowest BCUT2D eigenvalue weighted by Crippen LogP contribution is -2.57. The van der Waals surface area contributed by atoms with Crippen LogP contribution in [0.4, 0.5) is 0 Å². The second-order valence-electron chi connectivity index (χ2n) is 6.14. The Kier molecular flexibility index (Phi) is 5.36. The predicted molar refractivity (Wildman–Crippen MR) is 81.9 cm³/mol. The molecule has 2 aliphatic heterocycles. The Morgan fingerprint density at radius 2 is 2.05 bits per heavy atom. The number of nitrogens with zero attached hydrogens (tertiary/aromatic N) is 1. The third kappa shape index (κ3) is 3.56.